The van der Waals surface area contributed by atoms with Gasteiger partial charge in [0.1, 0.15) is 0 Å². The van der Waals surface area contributed by atoms with Crippen LogP contribution in [0.5, 0.6) is 0 Å². The molecule has 2 aromatic rings. The van der Waals surface area contributed by atoms with Crippen LogP contribution in [0.15, 0.2) is 71.7 Å². The lowest BCUT2D eigenvalue weighted by Gasteiger charge is -2.20. The molecule has 0 saturated heterocycles. The van der Waals surface area contributed by atoms with Crippen molar-refractivity contribution in [3.05, 3.63) is 77.9 Å². The van der Waals surface area contributed by atoms with E-state index in [1.165, 1.54) is 16.8 Å². The minimum atomic E-state index is 0.827. The molecule has 0 amide bonds. The van der Waals surface area contributed by atoms with E-state index in [0.29, 0.717) is 0 Å². The van der Waals surface area contributed by atoms with Crippen LogP contribution in [0.2, 0.25) is 0 Å². The van der Waals surface area contributed by atoms with Gasteiger partial charge in [0.2, 0.25) is 0 Å². The van der Waals surface area contributed by atoms with Crippen molar-refractivity contribution in [2.45, 2.75) is 0 Å². The van der Waals surface area contributed by atoms with Crippen LogP contribution in [0, 0.1) is 0 Å². The van der Waals surface area contributed by atoms with Crippen LogP contribution in [0.3, 0.4) is 0 Å². The average Bonchev–Trinajstić information content (AvgIpc) is 2.71. The van der Waals surface area contributed by atoms with Gasteiger partial charge < -0.3 is 4.90 Å². The van der Waals surface area contributed by atoms with Crippen molar-refractivity contribution in [1.29, 1.82) is 0 Å². The normalized spacial score (nSPS) is 15.3. The summed E-state index contributed by atoms with van der Waals surface area (Å²) in [5, 5.41) is 0. The first kappa shape index (κ1) is 12.7. The molecular formula is C18H18N2. The summed E-state index contributed by atoms with van der Waals surface area (Å²) in [7, 11) is 2.13. The molecule has 0 fully saturated rings. The van der Waals surface area contributed by atoms with Gasteiger partial charge in [-0.3, -0.25) is 4.99 Å². The summed E-state index contributed by atoms with van der Waals surface area (Å²) < 4.78 is 0. The van der Waals surface area contributed by atoms with E-state index in [2.05, 4.69) is 66.6 Å². The van der Waals surface area contributed by atoms with Crippen molar-refractivity contribution in [2.24, 2.45) is 4.99 Å². The number of hydrogen-bond acceptors (Lipinski definition) is 2. The molecule has 1 aliphatic heterocycles. The molecule has 0 aromatic heterocycles. The molecular weight excluding hydrogens is 244 g/mol. The van der Waals surface area contributed by atoms with Crippen LogP contribution in [0.4, 0.5) is 0 Å². The average molecular weight is 262 g/mol. The van der Waals surface area contributed by atoms with E-state index >= 15 is 0 Å². The van der Waals surface area contributed by atoms with Gasteiger partial charge in [-0.05, 0) is 17.2 Å². The Labute approximate surface area is 120 Å². The van der Waals surface area contributed by atoms with Gasteiger partial charge >= 0.3 is 0 Å². The second kappa shape index (κ2) is 5.74. The highest BCUT2D eigenvalue weighted by Crippen LogP contribution is 2.20. The fourth-order valence-electron chi connectivity index (χ4n) is 2.42. The Balaban J connectivity index is 2.03. The second-order valence-corrected chi connectivity index (χ2v) is 4.95. The number of hydrogen-bond donors (Lipinski definition) is 0. The van der Waals surface area contributed by atoms with Gasteiger partial charge in [0.15, 0.2) is 0 Å². The van der Waals surface area contributed by atoms with Gasteiger partial charge in [0.25, 0.3) is 0 Å². The first-order chi connectivity index (χ1) is 9.84. The van der Waals surface area contributed by atoms with Gasteiger partial charge in [-0.1, -0.05) is 60.7 Å². The number of likely N-dealkylation sites (N-methyl/N-ethyl adjacent to an activating group) is 1. The van der Waals surface area contributed by atoms with Gasteiger partial charge in [-0.25, -0.2) is 0 Å². The maximum Gasteiger partial charge on any atom is 0.0668 e. The number of benzene rings is 2. The highest BCUT2D eigenvalue weighted by Gasteiger charge is 2.12. The summed E-state index contributed by atoms with van der Waals surface area (Å²) in [5.74, 6) is 0. The summed E-state index contributed by atoms with van der Waals surface area (Å²) in [6.45, 7) is 1.77. The molecule has 2 heteroatoms. The molecule has 0 radical (unpaired) electrons. The van der Waals surface area contributed by atoms with E-state index in [1.807, 2.05) is 12.1 Å². The standard InChI is InChI=1S/C18H18N2/c1-20-13-12-19-17(15-8-4-2-5-9-15)14-18(20)16-10-6-3-7-11-16/h2-11,14H,12-13H2,1H3. The fourth-order valence-corrected chi connectivity index (χ4v) is 2.42. The maximum atomic E-state index is 4.72. The summed E-state index contributed by atoms with van der Waals surface area (Å²) in [6, 6.07) is 20.9. The molecule has 3 rings (SSSR count). The number of allylic oxidation sites excluding steroid dienone is 1. The van der Waals surface area contributed by atoms with E-state index in [4.69, 9.17) is 4.99 Å². The maximum absolute atomic E-state index is 4.72. The van der Waals surface area contributed by atoms with Crippen LogP contribution in [0.25, 0.3) is 5.70 Å². The van der Waals surface area contributed by atoms with E-state index in [9.17, 15) is 0 Å². The fraction of sp³-hybridized carbons (Fsp3) is 0.167. The van der Waals surface area contributed by atoms with Crippen LogP contribution >= 0.6 is 0 Å². The Morgan fingerprint density at radius 3 is 2.10 bits per heavy atom. The molecule has 0 bridgehead atoms. The SMILES string of the molecule is CN1CCN=C(c2ccccc2)C=C1c1ccccc1. The Hall–Kier alpha value is -2.35. The van der Waals surface area contributed by atoms with Gasteiger partial charge in [0.05, 0.1) is 12.3 Å². The molecule has 0 aliphatic carbocycles. The van der Waals surface area contributed by atoms with Crippen molar-refractivity contribution in [3.63, 3.8) is 0 Å². The van der Waals surface area contributed by atoms with Gasteiger partial charge in [-0.15, -0.1) is 0 Å². The second-order valence-electron chi connectivity index (χ2n) is 4.95. The number of aliphatic imine (C=N–C) groups is 1. The third kappa shape index (κ3) is 2.64. The molecule has 2 aromatic carbocycles. The predicted molar refractivity (Wildman–Crippen MR) is 84.9 cm³/mol. The smallest absolute Gasteiger partial charge is 0.0668 e. The number of nitrogens with zero attached hydrogens (tertiary/aromatic N) is 2. The summed E-state index contributed by atoms with van der Waals surface area (Å²) >= 11 is 0. The monoisotopic (exact) mass is 262 g/mol. The lowest BCUT2D eigenvalue weighted by Crippen LogP contribution is -2.18. The van der Waals surface area contributed by atoms with Crippen LogP contribution in [0.1, 0.15) is 11.1 Å². The molecule has 0 spiro atoms. The molecule has 0 unspecified atom stereocenters. The van der Waals surface area contributed by atoms with E-state index in [1.54, 1.807) is 0 Å². The molecule has 2 nitrogen and oxygen atoms in total. The minimum absolute atomic E-state index is 0.827. The highest BCUT2D eigenvalue weighted by atomic mass is 15.1. The van der Waals surface area contributed by atoms with Crippen molar-refractivity contribution in [3.8, 4) is 0 Å². The third-order valence-corrected chi connectivity index (χ3v) is 3.54. The summed E-state index contributed by atoms with van der Waals surface area (Å²) in [4.78, 5) is 6.99. The van der Waals surface area contributed by atoms with E-state index in [0.717, 1.165) is 18.8 Å². The number of rotatable bonds is 2. The third-order valence-electron chi connectivity index (χ3n) is 3.54. The molecule has 1 heterocycles. The molecule has 1 aliphatic rings. The lowest BCUT2D eigenvalue weighted by atomic mass is 10.1. The van der Waals surface area contributed by atoms with Crippen molar-refractivity contribution in [2.75, 3.05) is 20.1 Å². The predicted octanol–water partition coefficient (Wildman–Crippen LogP) is 3.46. The van der Waals surface area contributed by atoms with Crippen LogP contribution < -0.4 is 0 Å². The summed E-state index contributed by atoms with van der Waals surface area (Å²) in [5.41, 5.74) is 4.70. The first-order valence-electron chi connectivity index (χ1n) is 6.93. The van der Waals surface area contributed by atoms with Crippen LogP contribution in [-0.2, 0) is 0 Å². The van der Waals surface area contributed by atoms with Crippen molar-refractivity contribution in [1.82, 2.24) is 4.90 Å². The molecule has 0 saturated carbocycles. The minimum Gasteiger partial charge on any atom is -0.372 e. The Kier molecular flexibility index (Phi) is 3.64. The zero-order valence-electron chi connectivity index (χ0n) is 11.7. The Morgan fingerprint density at radius 1 is 0.850 bits per heavy atom. The zero-order valence-corrected chi connectivity index (χ0v) is 11.7. The van der Waals surface area contributed by atoms with E-state index < -0.39 is 0 Å². The van der Waals surface area contributed by atoms with E-state index in [-0.39, 0.29) is 0 Å². The molecule has 100 valence electrons. The topological polar surface area (TPSA) is 15.6 Å². The van der Waals surface area contributed by atoms with Crippen molar-refractivity contribution >= 4 is 11.4 Å². The summed E-state index contributed by atoms with van der Waals surface area (Å²) in [6.07, 6.45) is 2.19. The Bertz CT molecular complexity index is 627. The highest BCUT2D eigenvalue weighted by molar-refractivity contribution is 6.12. The Morgan fingerprint density at radius 2 is 1.45 bits per heavy atom. The lowest BCUT2D eigenvalue weighted by molar-refractivity contribution is 0.495. The molecule has 0 atom stereocenters. The van der Waals surface area contributed by atoms with Crippen LogP contribution in [-0.4, -0.2) is 30.7 Å². The zero-order chi connectivity index (χ0) is 13.8. The van der Waals surface area contributed by atoms with Gasteiger partial charge in [-0.2, -0.15) is 0 Å². The molecule has 0 N–H and O–H groups in total. The first-order valence-corrected chi connectivity index (χ1v) is 6.93. The van der Waals surface area contributed by atoms with Crippen molar-refractivity contribution < 1.29 is 0 Å². The quantitative estimate of drug-likeness (QED) is 0.809. The largest absolute Gasteiger partial charge is 0.372 e. The van der Waals surface area contributed by atoms with Gasteiger partial charge in [0, 0.05) is 19.3 Å². The molecule has 20 heavy (non-hydrogen) atoms.